The highest BCUT2D eigenvalue weighted by molar-refractivity contribution is 7.99. The van der Waals surface area contributed by atoms with E-state index in [1.54, 1.807) is 30.0 Å². The number of aromatic amines is 1. The highest BCUT2D eigenvalue weighted by Crippen LogP contribution is 2.25. The Morgan fingerprint density at radius 2 is 2.08 bits per heavy atom. The van der Waals surface area contributed by atoms with E-state index < -0.39 is 0 Å². The fourth-order valence-electron chi connectivity index (χ4n) is 1.85. The Bertz CT molecular complexity index is 799. The van der Waals surface area contributed by atoms with Crippen LogP contribution in [0.15, 0.2) is 34.2 Å². The number of carbonyl (C=O) groups excluding carboxylic acids is 1. The maximum absolute atomic E-state index is 12.0. The molecule has 2 rings (SSSR count). The van der Waals surface area contributed by atoms with Crippen molar-refractivity contribution in [3.05, 3.63) is 50.4 Å². The predicted molar refractivity (Wildman–Crippen MR) is 107 cm³/mol. The van der Waals surface area contributed by atoms with Gasteiger partial charge in [-0.3, -0.25) is 9.59 Å². The topological polar surface area (TPSA) is 74.8 Å². The highest BCUT2D eigenvalue weighted by atomic mass is 35.5. The van der Waals surface area contributed by atoms with Gasteiger partial charge in [0.1, 0.15) is 0 Å². The molecular weight excluding hydrogens is 401 g/mol. The Labute approximate surface area is 164 Å². The minimum absolute atomic E-state index is 0.120. The lowest BCUT2D eigenvalue weighted by Gasteiger charge is -2.07. The number of benzene rings is 1. The van der Waals surface area contributed by atoms with Gasteiger partial charge in [0.05, 0.1) is 21.5 Å². The van der Waals surface area contributed by atoms with Crippen molar-refractivity contribution in [3.8, 4) is 0 Å². The van der Waals surface area contributed by atoms with Gasteiger partial charge in [-0.1, -0.05) is 41.9 Å². The van der Waals surface area contributed by atoms with Crippen molar-refractivity contribution < 1.29 is 4.79 Å². The van der Waals surface area contributed by atoms with Crippen LogP contribution in [0, 0.1) is 0 Å². The second-order valence-electron chi connectivity index (χ2n) is 5.06. The number of hydrogen-bond donors (Lipinski definition) is 2. The number of H-pyrrole nitrogens is 1. The Morgan fingerprint density at radius 1 is 1.28 bits per heavy atom. The number of anilines is 1. The summed E-state index contributed by atoms with van der Waals surface area (Å²) in [5, 5.41) is 3.95. The van der Waals surface area contributed by atoms with Crippen molar-refractivity contribution >= 4 is 58.3 Å². The lowest BCUT2D eigenvalue weighted by molar-refractivity contribution is -0.113. The third-order valence-electron chi connectivity index (χ3n) is 2.91. The Kier molecular flexibility index (Phi) is 8.15. The molecule has 1 amide bonds. The molecule has 1 heterocycles. The lowest BCUT2D eigenvalue weighted by Crippen LogP contribution is -2.15. The molecule has 1 aromatic heterocycles. The smallest absolute Gasteiger partial charge is 0.251 e. The molecule has 134 valence electrons. The Morgan fingerprint density at radius 3 is 2.80 bits per heavy atom. The van der Waals surface area contributed by atoms with Crippen LogP contribution < -0.4 is 10.9 Å². The summed E-state index contributed by atoms with van der Waals surface area (Å²) in [4.78, 5) is 30.8. The van der Waals surface area contributed by atoms with Crippen LogP contribution in [0.5, 0.6) is 0 Å². The molecule has 0 fully saturated rings. The maximum atomic E-state index is 12.0. The zero-order valence-electron chi connectivity index (χ0n) is 13.5. The number of thioether (sulfide) groups is 2. The summed E-state index contributed by atoms with van der Waals surface area (Å²) in [6.45, 7) is 2.10. The largest absolute Gasteiger partial charge is 0.325 e. The molecule has 2 aromatic rings. The van der Waals surface area contributed by atoms with Gasteiger partial charge in [-0.15, -0.1) is 0 Å². The van der Waals surface area contributed by atoms with Crippen LogP contribution in [-0.2, 0) is 10.5 Å². The first-order valence-corrected chi connectivity index (χ1v) is 10.4. The van der Waals surface area contributed by atoms with E-state index in [0.717, 1.165) is 17.9 Å². The van der Waals surface area contributed by atoms with Crippen LogP contribution in [0.1, 0.15) is 19.0 Å². The number of nitrogens with one attached hydrogen (secondary N) is 2. The quantitative estimate of drug-likeness (QED) is 0.376. The first kappa shape index (κ1) is 20.2. The highest BCUT2D eigenvalue weighted by Gasteiger charge is 2.08. The molecule has 2 N–H and O–H groups in total. The zero-order valence-corrected chi connectivity index (χ0v) is 16.6. The molecule has 0 saturated heterocycles. The van der Waals surface area contributed by atoms with Crippen molar-refractivity contribution in [3.63, 3.8) is 0 Å². The summed E-state index contributed by atoms with van der Waals surface area (Å²) < 4.78 is 0. The molecule has 0 radical (unpaired) electrons. The second-order valence-corrected chi connectivity index (χ2v) is 7.94. The summed E-state index contributed by atoms with van der Waals surface area (Å²) in [5.41, 5.74) is 1.07. The molecule has 0 unspecified atom stereocenters. The summed E-state index contributed by atoms with van der Waals surface area (Å²) in [6.07, 6.45) is 1.07. The molecule has 0 bridgehead atoms. The molecule has 0 atom stereocenters. The number of nitrogens with zero attached hydrogens (tertiary/aromatic N) is 1. The molecule has 25 heavy (non-hydrogen) atoms. The van der Waals surface area contributed by atoms with Gasteiger partial charge < -0.3 is 10.3 Å². The third-order valence-corrected chi connectivity index (χ3v) is 5.72. The van der Waals surface area contributed by atoms with E-state index >= 15 is 0 Å². The van der Waals surface area contributed by atoms with E-state index in [9.17, 15) is 9.59 Å². The van der Waals surface area contributed by atoms with Gasteiger partial charge >= 0.3 is 0 Å². The monoisotopic (exact) mass is 417 g/mol. The van der Waals surface area contributed by atoms with Crippen molar-refractivity contribution in [2.45, 2.75) is 24.3 Å². The fraction of sp³-hybridized carbons (Fsp3) is 0.312. The zero-order chi connectivity index (χ0) is 18.2. The van der Waals surface area contributed by atoms with Crippen LogP contribution >= 0.6 is 46.7 Å². The molecule has 5 nitrogen and oxygen atoms in total. The SMILES string of the molecule is CCCSCc1cc(=O)[nH]c(SCC(=O)Nc2ccc(Cl)c(Cl)c2)n1. The molecule has 0 aliphatic carbocycles. The molecule has 1 aromatic carbocycles. The van der Waals surface area contributed by atoms with Crippen LogP contribution in [0.3, 0.4) is 0 Å². The second kappa shape index (κ2) is 10.1. The van der Waals surface area contributed by atoms with Gasteiger partial charge in [0, 0.05) is 17.5 Å². The Balaban J connectivity index is 1.92. The third kappa shape index (κ3) is 6.93. The van der Waals surface area contributed by atoms with Gasteiger partial charge in [-0.2, -0.15) is 11.8 Å². The number of carbonyl (C=O) groups is 1. The summed E-state index contributed by atoms with van der Waals surface area (Å²) in [7, 11) is 0. The number of rotatable bonds is 8. The van der Waals surface area contributed by atoms with Gasteiger partial charge in [0.2, 0.25) is 5.91 Å². The van der Waals surface area contributed by atoms with Gasteiger partial charge in [0.25, 0.3) is 5.56 Å². The number of aromatic nitrogens is 2. The van der Waals surface area contributed by atoms with Crippen LogP contribution in [-0.4, -0.2) is 27.4 Å². The first-order chi connectivity index (χ1) is 12.0. The van der Waals surface area contributed by atoms with Crippen molar-refractivity contribution in [1.29, 1.82) is 0 Å². The van der Waals surface area contributed by atoms with Crippen LogP contribution in [0.4, 0.5) is 5.69 Å². The van der Waals surface area contributed by atoms with Crippen molar-refractivity contribution in [1.82, 2.24) is 9.97 Å². The molecule has 0 aliphatic heterocycles. The van der Waals surface area contributed by atoms with E-state index in [1.165, 1.54) is 17.8 Å². The Hall–Kier alpha value is -1.15. The maximum Gasteiger partial charge on any atom is 0.251 e. The normalized spacial score (nSPS) is 10.7. The van der Waals surface area contributed by atoms with Crippen LogP contribution in [0.2, 0.25) is 10.0 Å². The summed E-state index contributed by atoms with van der Waals surface area (Å²) in [6, 6.07) is 6.35. The van der Waals surface area contributed by atoms with E-state index in [4.69, 9.17) is 23.2 Å². The first-order valence-electron chi connectivity index (χ1n) is 7.53. The fourth-order valence-corrected chi connectivity index (χ4v) is 3.63. The van der Waals surface area contributed by atoms with E-state index in [0.29, 0.717) is 26.6 Å². The number of halogens is 2. The van der Waals surface area contributed by atoms with Gasteiger partial charge in [0.15, 0.2) is 5.16 Å². The van der Waals surface area contributed by atoms with Crippen molar-refractivity contribution in [2.75, 3.05) is 16.8 Å². The standard InChI is InChI=1S/C16H17Cl2N3O2S2/c1-2-5-24-8-11-7-14(22)21-16(20-11)25-9-15(23)19-10-3-4-12(17)13(18)6-10/h3-4,6-7H,2,5,8-9H2,1H3,(H,19,23)(H,20,21,22). The minimum Gasteiger partial charge on any atom is -0.325 e. The minimum atomic E-state index is -0.225. The molecular formula is C16H17Cl2N3O2S2. The van der Waals surface area contributed by atoms with Gasteiger partial charge in [-0.05, 0) is 30.4 Å². The molecule has 9 heteroatoms. The lowest BCUT2D eigenvalue weighted by atomic mass is 10.3. The van der Waals surface area contributed by atoms with E-state index in [2.05, 4.69) is 22.2 Å². The summed E-state index contributed by atoms with van der Waals surface area (Å²) >= 11 is 14.7. The average Bonchev–Trinajstić information content (AvgIpc) is 2.56. The number of hydrogen-bond acceptors (Lipinski definition) is 5. The van der Waals surface area contributed by atoms with Crippen molar-refractivity contribution in [2.24, 2.45) is 0 Å². The molecule has 0 aliphatic rings. The molecule has 0 saturated carbocycles. The van der Waals surface area contributed by atoms with E-state index in [1.807, 2.05) is 0 Å². The van der Waals surface area contributed by atoms with Gasteiger partial charge in [-0.25, -0.2) is 4.98 Å². The molecule has 0 spiro atoms. The number of amides is 1. The predicted octanol–water partition coefficient (Wildman–Crippen LogP) is 4.45. The van der Waals surface area contributed by atoms with Crippen LogP contribution in [0.25, 0.3) is 0 Å². The average molecular weight is 418 g/mol. The van der Waals surface area contributed by atoms with E-state index in [-0.39, 0.29) is 17.2 Å². The summed E-state index contributed by atoms with van der Waals surface area (Å²) in [5.74, 6) is 1.59.